The van der Waals surface area contributed by atoms with Crippen LogP contribution in [0.15, 0.2) is 73.2 Å². The molecule has 3 aromatic rings. The number of aromatic nitrogens is 2. The molecular formula is C36H46N6O8. The van der Waals surface area contributed by atoms with Gasteiger partial charge in [0.1, 0.15) is 29.3 Å². The fourth-order valence-corrected chi connectivity index (χ4v) is 5.41. The number of imidazole rings is 1. The summed E-state index contributed by atoms with van der Waals surface area (Å²) in [7, 11) is 1.30. The number of methoxy groups -OCH3 is 1. The summed E-state index contributed by atoms with van der Waals surface area (Å²) in [6.07, 6.45) is 3.28. The third kappa shape index (κ3) is 10.1. The van der Waals surface area contributed by atoms with Gasteiger partial charge in [-0.05, 0) is 58.6 Å². The molecule has 1 aliphatic rings. The zero-order valence-corrected chi connectivity index (χ0v) is 29.3. The number of benzene rings is 2. The number of carbonyl (C=O) groups is 5. The van der Waals surface area contributed by atoms with Crippen molar-refractivity contribution in [1.82, 2.24) is 25.1 Å². The van der Waals surface area contributed by atoms with Crippen LogP contribution in [0.5, 0.6) is 0 Å². The van der Waals surface area contributed by atoms with Crippen molar-refractivity contribution >= 4 is 35.6 Å². The molecule has 0 aliphatic carbocycles. The molecule has 3 N–H and O–H groups in total. The maximum Gasteiger partial charge on any atom is 0.408 e. The first-order chi connectivity index (χ1) is 23.7. The second-order valence-electron chi connectivity index (χ2n) is 13.5. The van der Waals surface area contributed by atoms with E-state index in [1.54, 1.807) is 49.6 Å². The highest BCUT2D eigenvalue weighted by Gasteiger charge is 2.39. The first kappa shape index (κ1) is 37.6. The number of likely N-dealkylation sites (tertiary alicyclic amines) is 1. The Labute approximate surface area is 291 Å². The molecule has 4 rings (SSSR count). The molecule has 268 valence electrons. The van der Waals surface area contributed by atoms with Crippen molar-refractivity contribution < 1.29 is 38.2 Å². The van der Waals surface area contributed by atoms with Gasteiger partial charge in [-0.3, -0.25) is 14.4 Å². The van der Waals surface area contributed by atoms with Gasteiger partial charge in [0.05, 0.1) is 26.7 Å². The van der Waals surface area contributed by atoms with Gasteiger partial charge in [-0.2, -0.15) is 0 Å². The summed E-state index contributed by atoms with van der Waals surface area (Å²) in [5.41, 5.74) is -0.715. The summed E-state index contributed by atoms with van der Waals surface area (Å²) in [5.74, 6) is -1.98. The minimum Gasteiger partial charge on any atom is -0.467 e. The van der Waals surface area contributed by atoms with Crippen LogP contribution in [0.2, 0.25) is 0 Å². The molecule has 0 saturated carbocycles. The number of nitrogens with one attached hydrogen (secondary N) is 3. The lowest BCUT2D eigenvalue weighted by Gasteiger charge is -2.29. The Bertz CT molecular complexity index is 1640. The second kappa shape index (κ2) is 16.4. The summed E-state index contributed by atoms with van der Waals surface area (Å²) in [4.78, 5) is 71.8. The van der Waals surface area contributed by atoms with E-state index in [1.165, 1.54) is 38.4 Å². The van der Waals surface area contributed by atoms with Gasteiger partial charge in [-0.1, -0.05) is 60.7 Å². The van der Waals surface area contributed by atoms with Crippen LogP contribution in [0.1, 0.15) is 64.6 Å². The van der Waals surface area contributed by atoms with Gasteiger partial charge in [0, 0.05) is 12.7 Å². The van der Waals surface area contributed by atoms with E-state index in [4.69, 9.17) is 14.2 Å². The number of anilines is 1. The molecule has 2 aromatic carbocycles. The average Bonchev–Trinajstić information content (AvgIpc) is 3.74. The fourth-order valence-electron chi connectivity index (χ4n) is 5.41. The predicted molar refractivity (Wildman–Crippen MR) is 184 cm³/mol. The largest absolute Gasteiger partial charge is 0.467 e. The highest BCUT2D eigenvalue weighted by atomic mass is 16.6. The number of hydrogen-bond donors (Lipinski definition) is 3. The Hall–Kier alpha value is -5.24. The number of carbonyl (C=O) groups excluding carboxylic acids is 5. The lowest BCUT2D eigenvalue weighted by atomic mass is 10.0. The van der Waals surface area contributed by atoms with Crippen molar-refractivity contribution in [1.29, 1.82) is 0 Å². The van der Waals surface area contributed by atoms with Gasteiger partial charge in [0.15, 0.2) is 5.82 Å². The Kier molecular flexibility index (Phi) is 12.4. The van der Waals surface area contributed by atoms with Crippen LogP contribution in [-0.4, -0.2) is 87.7 Å². The smallest absolute Gasteiger partial charge is 0.408 e. The van der Waals surface area contributed by atoms with Crippen molar-refractivity contribution in [2.75, 3.05) is 25.6 Å². The van der Waals surface area contributed by atoms with Crippen LogP contribution in [0.25, 0.3) is 0 Å². The first-order valence-corrected chi connectivity index (χ1v) is 16.4. The topological polar surface area (TPSA) is 170 Å². The van der Waals surface area contributed by atoms with E-state index in [1.807, 2.05) is 36.4 Å². The summed E-state index contributed by atoms with van der Waals surface area (Å²) in [6, 6.07) is 15.6. The Morgan fingerprint density at radius 3 is 2.26 bits per heavy atom. The number of hydrogen-bond acceptors (Lipinski definition) is 9. The summed E-state index contributed by atoms with van der Waals surface area (Å²) in [6.45, 7) is 8.45. The Balaban J connectivity index is 1.53. The number of amides is 4. The molecule has 14 heteroatoms. The minimum atomic E-state index is -1.46. The van der Waals surface area contributed by atoms with E-state index in [0.29, 0.717) is 24.9 Å². The second-order valence-corrected chi connectivity index (χ2v) is 13.5. The average molecular weight is 691 g/mol. The highest BCUT2D eigenvalue weighted by Crippen LogP contribution is 2.28. The number of ether oxygens (including phenoxy) is 3. The SMILES string of the molecule is COC(=O)[C@@H]1CCCN1C(=O)C(c1ccccc1)n1cnc(NC(=O)[C@@H](COCc2ccccc2)NC(=O)C(C)(C)NC(=O)OC(C)(C)C)c1. The molecule has 1 aromatic heterocycles. The highest BCUT2D eigenvalue weighted by molar-refractivity contribution is 5.98. The molecule has 0 spiro atoms. The van der Waals surface area contributed by atoms with E-state index in [0.717, 1.165) is 5.56 Å². The molecule has 0 bridgehead atoms. The van der Waals surface area contributed by atoms with Crippen molar-refractivity contribution in [2.45, 2.75) is 83.3 Å². The maximum absolute atomic E-state index is 14.0. The Morgan fingerprint density at radius 1 is 0.960 bits per heavy atom. The van der Waals surface area contributed by atoms with E-state index < -0.39 is 53.1 Å². The summed E-state index contributed by atoms with van der Waals surface area (Å²) in [5, 5.41) is 7.93. The quantitative estimate of drug-likeness (QED) is 0.227. The monoisotopic (exact) mass is 690 g/mol. The molecular weight excluding hydrogens is 644 g/mol. The molecule has 4 amide bonds. The minimum absolute atomic E-state index is 0.114. The van der Waals surface area contributed by atoms with Gasteiger partial charge < -0.3 is 39.6 Å². The van der Waals surface area contributed by atoms with Crippen molar-refractivity contribution in [3.63, 3.8) is 0 Å². The molecule has 3 atom stereocenters. The third-order valence-corrected chi connectivity index (χ3v) is 7.91. The van der Waals surface area contributed by atoms with E-state index >= 15 is 0 Å². The van der Waals surface area contributed by atoms with Crippen LogP contribution in [0, 0.1) is 0 Å². The predicted octanol–water partition coefficient (Wildman–Crippen LogP) is 3.58. The molecule has 1 saturated heterocycles. The van der Waals surface area contributed by atoms with Gasteiger partial charge in [-0.15, -0.1) is 0 Å². The number of nitrogens with zero attached hydrogens (tertiary/aromatic N) is 3. The van der Waals surface area contributed by atoms with E-state index in [-0.39, 0.29) is 24.9 Å². The van der Waals surface area contributed by atoms with Crippen LogP contribution < -0.4 is 16.0 Å². The normalized spacial score (nSPS) is 15.8. The van der Waals surface area contributed by atoms with Crippen molar-refractivity contribution in [3.8, 4) is 0 Å². The summed E-state index contributed by atoms with van der Waals surface area (Å²) < 4.78 is 17.6. The van der Waals surface area contributed by atoms with E-state index in [9.17, 15) is 24.0 Å². The van der Waals surface area contributed by atoms with Gasteiger partial charge >= 0.3 is 12.1 Å². The molecule has 1 fully saturated rings. The standard InChI is InChI=1S/C36H46N6O8/c1-35(2,3)50-34(47)40-36(4,5)33(46)38-26(22-49-21-24-14-9-7-10-15-24)30(43)39-28-20-41(23-37-28)29(25-16-11-8-12-17-25)31(44)42-19-13-18-27(42)32(45)48-6/h7-12,14-17,20,23,26-27,29H,13,18-19,21-22H2,1-6H3,(H,38,46)(H,39,43)(H,40,47)/t26-,27+,29?/m1/s1. The van der Waals surface area contributed by atoms with Crippen molar-refractivity contribution in [2.24, 2.45) is 0 Å². The molecule has 0 radical (unpaired) electrons. The lowest BCUT2D eigenvalue weighted by molar-refractivity contribution is -0.151. The lowest BCUT2D eigenvalue weighted by Crippen LogP contribution is -2.59. The van der Waals surface area contributed by atoms with Crippen LogP contribution in [0.3, 0.4) is 0 Å². The van der Waals surface area contributed by atoms with Crippen LogP contribution in [0.4, 0.5) is 10.6 Å². The number of rotatable bonds is 13. The van der Waals surface area contributed by atoms with Gasteiger partial charge in [0.2, 0.25) is 5.91 Å². The van der Waals surface area contributed by atoms with Crippen LogP contribution >= 0.6 is 0 Å². The molecule has 14 nitrogen and oxygen atoms in total. The van der Waals surface area contributed by atoms with Crippen molar-refractivity contribution in [3.05, 3.63) is 84.3 Å². The maximum atomic E-state index is 14.0. The van der Waals surface area contributed by atoms with E-state index in [2.05, 4.69) is 20.9 Å². The summed E-state index contributed by atoms with van der Waals surface area (Å²) >= 11 is 0. The molecule has 1 aliphatic heterocycles. The van der Waals surface area contributed by atoms with Crippen LogP contribution in [-0.2, 0) is 40.0 Å². The van der Waals surface area contributed by atoms with Gasteiger partial charge in [-0.25, -0.2) is 14.6 Å². The zero-order valence-electron chi connectivity index (χ0n) is 29.3. The fraction of sp³-hybridized carbons (Fsp3) is 0.444. The number of esters is 1. The molecule has 1 unspecified atom stereocenters. The number of alkyl carbamates (subject to hydrolysis) is 1. The molecule has 50 heavy (non-hydrogen) atoms. The first-order valence-electron chi connectivity index (χ1n) is 16.4. The molecule has 2 heterocycles. The zero-order chi connectivity index (χ0) is 36.5. The van der Waals surface area contributed by atoms with Gasteiger partial charge in [0.25, 0.3) is 11.8 Å². The Morgan fingerprint density at radius 2 is 1.62 bits per heavy atom. The third-order valence-electron chi connectivity index (χ3n) is 7.91.